The Kier molecular flexibility index (Phi) is 5.13. The summed E-state index contributed by atoms with van der Waals surface area (Å²) in [5.41, 5.74) is 1.39. The molecule has 0 spiro atoms. The van der Waals surface area contributed by atoms with Crippen molar-refractivity contribution in [3.05, 3.63) is 29.6 Å². The minimum Gasteiger partial charge on any atom is -0.469 e. The molecule has 0 fully saturated rings. The van der Waals surface area contributed by atoms with Crippen LogP contribution in [0.15, 0.2) is 18.3 Å². The minimum atomic E-state index is -0.267. The molecule has 1 N–H and O–H groups in total. The van der Waals surface area contributed by atoms with Crippen LogP contribution in [0.25, 0.3) is 0 Å². The molecule has 0 aliphatic carbocycles. The predicted molar refractivity (Wildman–Crippen MR) is 62.6 cm³/mol. The molecule has 1 aromatic rings. The van der Waals surface area contributed by atoms with Gasteiger partial charge in [-0.2, -0.15) is 0 Å². The number of rotatable bonds is 5. The third-order valence-electron chi connectivity index (χ3n) is 2.24. The van der Waals surface area contributed by atoms with E-state index in [1.807, 2.05) is 6.92 Å². The van der Waals surface area contributed by atoms with Crippen molar-refractivity contribution in [3.63, 3.8) is 0 Å². The first kappa shape index (κ1) is 13.2. The fraction of sp³-hybridized carbons (Fsp3) is 0.417. The highest BCUT2D eigenvalue weighted by Crippen LogP contribution is 1.99. The van der Waals surface area contributed by atoms with Gasteiger partial charge >= 0.3 is 5.97 Å². The Balaban J connectivity index is 2.30. The van der Waals surface area contributed by atoms with Gasteiger partial charge in [0.05, 0.1) is 12.7 Å². The van der Waals surface area contributed by atoms with Crippen LogP contribution in [0, 0.1) is 6.92 Å². The van der Waals surface area contributed by atoms with Crippen LogP contribution in [0.4, 0.5) is 0 Å². The molecule has 0 atom stereocenters. The number of nitrogens with one attached hydrogen (secondary N) is 1. The molecule has 0 bridgehead atoms. The normalized spacial score (nSPS) is 9.76. The second-order valence-electron chi connectivity index (χ2n) is 3.62. The number of ether oxygens (including phenoxy) is 1. The van der Waals surface area contributed by atoms with Gasteiger partial charge in [0.2, 0.25) is 0 Å². The molecule has 0 aliphatic rings. The Bertz CT molecular complexity index is 387. The molecular weight excluding hydrogens is 220 g/mol. The molecule has 1 amide bonds. The largest absolute Gasteiger partial charge is 0.469 e. The Hall–Kier alpha value is -1.91. The molecule has 5 nitrogen and oxygen atoms in total. The molecule has 1 rings (SSSR count). The van der Waals surface area contributed by atoms with Crippen LogP contribution in [0.2, 0.25) is 0 Å². The van der Waals surface area contributed by atoms with Crippen LogP contribution in [-0.2, 0) is 9.53 Å². The van der Waals surface area contributed by atoms with Crippen LogP contribution >= 0.6 is 0 Å². The average molecular weight is 236 g/mol. The summed E-state index contributed by atoms with van der Waals surface area (Å²) in [4.78, 5) is 26.5. The molecule has 0 aromatic carbocycles. The number of carbonyl (C=O) groups excluding carboxylic acids is 2. The van der Waals surface area contributed by atoms with Crippen molar-refractivity contribution in [2.24, 2.45) is 0 Å². The van der Waals surface area contributed by atoms with Crippen molar-refractivity contribution >= 4 is 11.9 Å². The van der Waals surface area contributed by atoms with Crippen LogP contribution in [0.3, 0.4) is 0 Å². The summed E-state index contributed by atoms with van der Waals surface area (Å²) in [6.07, 6.45) is 2.41. The first-order valence-corrected chi connectivity index (χ1v) is 5.41. The highest BCUT2D eigenvalue weighted by atomic mass is 16.5. The number of aromatic nitrogens is 1. The summed E-state index contributed by atoms with van der Waals surface area (Å²) in [7, 11) is 1.35. The lowest BCUT2D eigenvalue weighted by Gasteiger charge is -2.04. The van der Waals surface area contributed by atoms with Gasteiger partial charge in [-0.3, -0.25) is 14.6 Å². The summed E-state index contributed by atoms with van der Waals surface area (Å²) < 4.78 is 4.49. The maximum atomic E-state index is 11.6. The fourth-order valence-corrected chi connectivity index (χ4v) is 1.24. The molecule has 0 radical (unpaired) electrons. The topological polar surface area (TPSA) is 68.3 Å². The SMILES string of the molecule is COC(=O)CCCNC(=O)c1ccc(C)nc1. The number of esters is 1. The maximum absolute atomic E-state index is 11.6. The monoisotopic (exact) mass is 236 g/mol. The van der Waals surface area contributed by atoms with Gasteiger partial charge in [0, 0.05) is 24.9 Å². The van der Waals surface area contributed by atoms with Gasteiger partial charge in [-0.25, -0.2) is 0 Å². The lowest BCUT2D eigenvalue weighted by Crippen LogP contribution is -2.25. The molecule has 0 aliphatic heterocycles. The number of hydrogen-bond acceptors (Lipinski definition) is 4. The van der Waals surface area contributed by atoms with Crippen molar-refractivity contribution in [2.45, 2.75) is 19.8 Å². The van der Waals surface area contributed by atoms with Crippen molar-refractivity contribution < 1.29 is 14.3 Å². The number of amides is 1. The van der Waals surface area contributed by atoms with Crippen LogP contribution in [0.1, 0.15) is 28.9 Å². The summed E-state index contributed by atoms with van der Waals surface area (Å²) in [5.74, 6) is -0.446. The maximum Gasteiger partial charge on any atom is 0.305 e. The molecular formula is C12H16N2O3. The number of hydrogen-bond donors (Lipinski definition) is 1. The highest BCUT2D eigenvalue weighted by molar-refractivity contribution is 5.93. The molecule has 5 heteroatoms. The molecule has 0 saturated carbocycles. The lowest BCUT2D eigenvalue weighted by molar-refractivity contribution is -0.140. The fourth-order valence-electron chi connectivity index (χ4n) is 1.24. The van der Waals surface area contributed by atoms with Crippen molar-refractivity contribution in [3.8, 4) is 0 Å². The molecule has 1 heterocycles. The molecule has 0 unspecified atom stereocenters. The second kappa shape index (κ2) is 6.62. The number of carbonyl (C=O) groups is 2. The smallest absolute Gasteiger partial charge is 0.305 e. The third-order valence-corrected chi connectivity index (χ3v) is 2.24. The zero-order chi connectivity index (χ0) is 12.7. The van der Waals surface area contributed by atoms with Crippen molar-refractivity contribution in [1.82, 2.24) is 10.3 Å². The van der Waals surface area contributed by atoms with Gasteiger partial charge < -0.3 is 10.1 Å². The number of methoxy groups -OCH3 is 1. The lowest BCUT2D eigenvalue weighted by atomic mass is 10.2. The van der Waals surface area contributed by atoms with E-state index in [4.69, 9.17) is 0 Å². The molecule has 0 saturated heterocycles. The van der Waals surface area contributed by atoms with Gasteiger partial charge in [-0.15, -0.1) is 0 Å². The van der Waals surface area contributed by atoms with E-state index in [9.17, 15) is 9.59 Å². The van der Waals surface area contributed by atoms with Crippen molar-refractivity contribution in [2.75, 3.05) is 13.7 Å². The van der Waals surface area contributed by atoms with Gasteiger partial charge in [0.1, 0.15) is 0 Å². The summed E-state index contributed by atoms with van der Waals surface area (Å²) in [5, 5.41) is 2.71. The van der Waals surface area contributed by atoms with E-state index < -0.39 is 0 Å². The Morgan fingerprint density at radius 1 is 1.41 bits per heavy atom. The molecule has 92 valence electrons. The van der Waals surface area contributed by atoms with Crippen LogP contribution < -0.4 is 5.32 Å². The van der Waals surface area contributed by atoms with E-state index >= 15 is 0 Å². The number of pyridine rings is 1. The predicted octanol–water partition coefficient (Wildman–Crippen LogP) is 1.07. The quantitative estimate of drug-likeness (QED) is 0.613. The van der Waals surface area contributed by atoms with Gasteiger partial charge in [-0.05, 0) is 25.5 Å². The van der Waals surface area contributed by atoms with E-state index in [1.54, 1.807) is 12.1 Å². The number of aryl methyl sites for hydroxylation is 1. The van der Waals surface area contributed by atoms with E-state index in [0.717, 1.165) is 5.69 Å². The van der Waals surface area contributed by atoms with E-state index in [1.165, 1.54) is 13.3 Å². The third kappa shape index (κ3) is 4.63. The zero-order valence-electron chi connectivity index (χ0n) is 10.0. The van der Waals surface area contributed by atoms with Gasteiger partial charge in [-0.1, -0.05) is 0 Å². The first-order chi connectivity index (χ1) is 8.13. The second-order valence-corrected chi connectivity index (χ2v) is 3.62. The molecule has 1 aromatic heterocycles. The summed E-state index contributed by atoms with van der Waals surface area (Å²) in [6, 6.07) is 3.50. The molecule has 17 heavy (non-hydrogen) atoms. The van der Waals surface area contributed by atoms with Crippen molar-refractivity contribution in [1.29, 1.82) is 0 Å². The standard InChI is InChI=1S/C12H16N2O3/c1-9-5-6-10(8-14-9)12(16)13-7-3-4-11(15)17-2/h5-6,8H,3-4,7H2,1-2H3,(H,13,16). The van der Waals surface area contributed by atoms with E-state index in [-0.39, 0.29) is 11.9 Å². The Morgan fingerprint density at radius 2 is 2.18 bits per heavy atom. The highest BCUT2D eigenvalue weighted by Gasteiger charge is 2.05. The Labute approximate surface area is 100 Å². The first-order valence-electron chi connectivity index (χ1n) is 5.41. The van der Waals surface area contributed by atoms with E-state index in [0.29, 0.717) is 24.9 Å². The van der Waals surface area contributed by atoms with Gasteiger partial charge in [0.15, 0.2) is 0 Å². The Morgan fingerprint density at radius 3 is 2.76 bits per heavy atom. The van der Waals surface area contributed by atoms with Crippen LogP contribution in [-0.4, -0.2) is 30.5 Å². The summed E-state index contributed by atoms with van der Waals surface area (Å²) >= 11 is 0. The number of nitrogens with zero attached hydrogens (tertiary/aromatic N) is 1. The zero-order valence-corrected chi connectivity index (χ0v) is 10.0. The average Bonchev–Trinajstić information content (AvgIpc) is 2.34. The minimum absolute atomic E-state index is 0.178. The van der Waals surface area contributed by atoms with E-state index in [2.05, 4.69) is 15.0 Å². The van der Waals surface area contributed by atoms with Gasteiger partial charge in [0.25, 0.3) is 5.91 Å². The van der Waals surface area contributed by atoms with Crippen LogP contribution in [0.5, 0.6) is 0 Å². The summed E-state index contributed by atoms with van der Waals surface area (Å²) in [6.45, 7) is 2.31.